The second-order valence-electron chi connectivity index (χ2n) is 7.97. The molecule has 1 unspecified atom stereocenters. The summed E-state index contributed by atoms with van der Waals surface area (Å²) in [4.78, 5) is 12.5. The number of aliphatic hydroxyl groups excluding tert-OH is 1. The highest BCUT2D eigenvalue weighted by molar-refractivity contribution is 9.10. The lowest BCUT2D eigenvalue weighted by molar-refractivity contribution is -0.137. The summed E-state index contributed by atoms with van der Waals surface area (Å²) in [7, 11) is 0. The molecule has 0 spiro atoms. The zero-order chi connectivity index (χ0) is 22.7. The van der Waals surface area contributed by atoms with Crippen molar-refractivity contribution in [2.24, 2.45) is 5.92 Å². The Morgan fingerprint density at radius 3 is 2.78 bits per heavy atom. The molecule has 3 atom stereocenters. The van der Waals surface area contributed by atoms with E-state index >= 15 is 0 Å². The van der Waals surface area contributed by atoms with Gasteiger partial charge < -0.3 is 15.5 Å². The number of hydrogen-bond acceptors (Lipinski definition) is 5. The van der Waals surface area contributed by atoms with Gasteiger partial charge in [0.15, 0.2) is 5.60 Å². The quantitative estimate of drug-likeness (QED) is 0.413. The fourth-order valence-corrected chi connectivity index (χ4v) is 4.38. The predicted molar refractivity (Wildman–Crippen MR) is 125 cm³/mol. The van der Waals surface area contributed by atoms with Crippen molar-refractivity contribution in [1.82, 2.24) is 15.0 Å². The van der Waals surface area contributed by atoms with Gasteiger partial charge in [-0.1, -0.05) is 70.6 Å². The van der Waals surface area contributed by atoms with Crippen molar-refractivity contribution in [2.45, 2.75) is 31.4 Å². The van der Waals surface area contributed by atoms with E-state index < -0.39 is 17.4 Å². The van der Waals surface area contributed by atoms with Crippen molar-refractivity contribution >= 4 is 27.5 Å². The molecule has 1 aliphatic heterocycles. The van der Waals surface area contributed by atoms with Crippen LogP contribution in [0.25, 0.3) is 0 Å². The van der Waals surface area contributed by atoms with Gasteiger partial charge in [0.05, 0.1) is 18.2 Å². The lowest BCUT2D eigenvalue weighted by Gasteiger charge is -2.26. The van der Waals surface area contributed by atoms with E-state index in [0.29, 0.717) is 24.2 Å². The van der Waals surface area contributed by atoms with Crippen molar-refractivity contribution in [3.05, 3.63) is 88.2 Å². The molecule has 0 fully saturated rings. The molecule has 0 saturated carbocycles. The normalized spacial score (nSPS) is 19.7. The molecule has 1 aromatic heterocycles. The standard InChI is InChI=1S/C24H25BrN4O3/c1-16(24(32)20-13-18(25)10-11-21(20)26-23(24)31)7-5-6-12-29-14-22(27-28-29)19(15-30)17-8-3-2-4-9-17/h2-5,7-11,13-14,16,19,30,32H,6,12,15H2,1H3,(H,26,31)/b7-5+/t16-,19?,24+/m0/s1. The second-order valence-corrected chi connectivity index (χ2v) is 8.88. The SMILES string of the molecule is C[C@@H](/C=C/CCn1cc(C(CO)c2ccccc2)nn1)[C@]1(O)C(=O)Nc2ccc(Br)cc21. The summed E-state index contributed by atoms with van der Waals surface area (Å²) < 4.78 is 2.54. The molecular formula is C24H25BrN4O3. The summed E-state index contributed by atoms with van der Waals surface area (Å²) >= 11 is 3.41. The minimum Gasteiger partial charge on any atom is -0.395 e. The van der Waals surface area contributed by atoms with E-state index in [-0.39, 0.29) is 12.5 Å². The number of anilines is 1. The third-order valence-corrected chi connectivity index (χ3v) is 6.39. The Labute approximate surface area is 194 Å². The van der Waals surface area contributed by atoms with Gasteiger partial charge >= 0.3 is 0 Å². The maximum Gasteiger partial charge on any atom is 0.261 e. The van der Waals surface area contributed by atoms with Gasteiger partial charge in [0, 0.05) is 34.4 Å². The van der Waals surface area contributed by atoms with Crippen LogP contribution in [-0.2, 0) is 16.9 Å². The van der Waals surface area contributed by atoms with Crippen LogP contribution in [0.15, 0.2) is 71.4 Å². The van der Waals surface area contributed by atoms with Crippen molar-refractivity contribution in [1.29, 1.82) is 0 Å². The average molecular weight is 497 g/mol. The number of allylic oxidation sites excluding steroid dienone is 1. The Balaban J connectivity index is 1.40. The first-order chi connectivity index (χ1) is 15.4. The maximum absolute atomic E-state index is 12.5. The summed E-state index contributed by atoms with van der Waals surface area (Å²) in [5.41, 5.74) is 1.31. The number of carbonyl (C=O) groups excluding carboxylic acids is 1. The smallest absolute Gasteiger partial charge is 0.261 e. The number of nitrogens with zero attached hydrogens (tertiary/aromatic N) is 3. The molecule has 0 bridgehead atoms. The highest BCUT2D eigenvalue weighted by Crippen LogP contribution is 2.42. The van der Waals surface area contributed by atoms with Crippen LogP contribution in [0, 0.1) is 5.92 Å². The molecule has 2 aromatic carbocycles. The zero-order valence-electron chi connectivity index (χ0n) is 17.6. The molecule has 3 N–H and O–H groups in total. The molecule has 1 amide bonds. The first-order valence-corrected chi connectivity index (χ1v) is 11.3. The Kier molecular flexibility index (Phi) is 6.55. The summed E-state index contributed by atoms with van der Waals surface area (Å²) in [5, 5.41) is 32.1. The molecule has 0 aliphatic carbocycles. The number of carbonyl (C=O) groups is 1. The predicted octanol–water partition coefficient (Wildman–Crippen LogP) is 3.59. The van der Waals surface area contributed by atoms with E-state index in [1.807, 2.05) is 61.7 Å². The van der Waals surface area contributed by atoms with Gasteiger partial charge in [0.1, 0.15) is 0 Å². The highest BCUT2D eigenvalue weighted by Gasteiger charge is 2.48. The number of aliphatic hydroxyl groups is 2. The third-order valence-electron chi connectivity index (χ3n) is 5.89. The second kappa shape index (κ2) is 9.36. The number of benzene rings is 2. The first-order valence-electron chi connectivity index (χ1n) is 10.5. The van der Waals surface area contributed by atoms with E-state index in [4.69, 9.17) is 0 Å². The van der Waals surface area contributed by atoms with Crippen molar-refractivity contribution in [3.8, 4) is 0 Å². The molecular weight excluding hydrogens is 472 g/mol. The van der Waals surface area contributed by atoms with Gasteiger partial charge in [-0.3, -0.25) is 9.48 Å². The molecule has 7 nitrogen and oxygen atoms in total. The van der Waals surface area contributed by atoms with E-state index in [0.717, 1.165) is 15.7 Å². The van der Waals surface area contributed by atoms with E-state index in [1.54, 1.807) is 16.8 Å². The lowest BCUT2D eigenvalue weighted by Crippen LogP contribution is -2.39. The topological polar surface area (TPSA) is 100 Å². The van der Waals surface area contributed by atoms with Gasteiger partial charge in [-0.15, -0.1) is 5.10 Å². The van der Waals surface area contributed by atoms with Crippen LogP contribution in [0.2, 0.25) is 0 Å². The van der Waals surface area contributed by atoms with Crippen molar-refractivity contribution in [2.75, 3.05) is 11.9 Å². The van der Waals surface area contributed by atoms with Gasteiger partial charge in [0.25, 0.3) is 5.91 Å². The van der Waals surface area contributed by atoms with Crippen LogP contribution in [0.4, 0.5) is 5.69 Å². The van der Waals surface area contributed by atoms with E-state index in [1.165, 1.54) is 0 Å². The third kappa shape index (κ3) is 4.26. The van der Waals surface area contributed by atoms with Crippen LogP contribution >= 0.6 is 15.9 Å². The number of fused-ring (bicyclic) bond motifs is 1. The van der Waals surface area contributed by atoms with Crippen LogP contribution in [0.1, 0.15) is 36.1 Å². The Morgan fingerprint density at radius 1 is 1.25 bits per heavy atom. The number of amides is 1. The largest absolute Gasteiger partial charge is 0.395 e. The summed E-state index contributed by atoms with van der Waals surface area (Å²) in [6.45, 7) is 2.37. The summed E-state index contributed by atoms with van der Waals surface area (Å²) in [6, 6.07) is 15.1. The highest BCUT2D eigenvalue weighted by atomic mass is 79.9. The van der Waals surface area contributed by atoms with E-state index in [9.17, 15) is 15.0 Å². The summed E-state index contributed by atoms with van der Waals surface area (Å²) in [5.74, 6) is -1.05. The number of hydrogen-bond donors (Lipinski definition) is 3. The minimum atomic E-state index is -1.61. The summed E-state index contributed by atoms with van der Waals surface area (Å²) in [6.07, 6.45) is 6.30. The number of aryl methyl sites for hydroxylation is 1. The lowest BCUT2D eigenvalue weighted by atomic mass is 9.83. The molecule has 8 heteroatoms. The molecule has 4 rings (SSSR count). The number of halogens is 1. The number of nitrogens with one attached hydrogen (secondary N) is 1. The Hall–Kier alpha value is -2.81. The van der Waals surface area contributed by atoms with Crippen LogP contribution in [0.3, 0.4) is 0 Å². The van der Waals surface area contributed by atoms with E-state index in [2.05, 4.69) is 31.6 Å². The molecule has 166 valence electrons. The molecule has 1 aliphatic rings. The van der Waals surface area contributed by atoms with Crippen LogP contribution in [0.5, 0.6) is 0 Å². The molecule has 3 aromatic rings. The van der Waals surface area contributed by atoms with Gasteiger partial charge in [0.2, 0.25) is 0 Å². The Bertz CT molecular complexity index is 1130. The molecule has 0 radical (unpaired) electrons. The fourth-order valence-electron chi connectivity index (χ4n) is 4.02. The number of aromatic nitrogens is 3. The van der Waals surface area contributed by atoms with Gasteiger partial charge in [-0.25, -0.2) is 0 Å². The molecule has 32 heavy (non-hydrogen) atoms. The van der Waals surface area contributed by atoms with Gasteiger partial charge in [-0.05, 0) is 30.2 Å². The minimum absolute atomic E-state index is 0.0433. The zero-order valence-corrected chi connectivity index (χ0v) is 19.2. The molecule has 0 saturated heterocycles. The Morgan fingerprint density at radius 2 is 2.03 bits per heavy atom. The fraction of sp³-hybridized carbons (Fsp3) is 0.292. The molecule has 2 heterocycles. The number of rotatable bonds is 8. The first kappa shape index (κ1) is 22.4. The monoisotopic (exact) mass is 496 g/mol. The average Bonchev–Trinajstić information content (AvgIpc) is 3.36. The van der Waals surface area contributed by atoms with Gasteiger partial charge in [-0.2, -0.15) is 0 Å². The maximum atomic E-state index is 12.5. The van der Waals surface area contributed by atoms with Crippen molar-refractivity contribution < 1.29 is 15.0 Å². The van der Waals surface area contributed by atoms with Crippen LogP contribution < -0.4 is 5.32 Å². The van der Waals surface area contributed by atoms with Crippen molar-refractivity contribution in [3.63, 3.8) is 0 Å². The van der Waals surface area contributed by atoms with Crippen LogP contribution in [-0.4, -0.2) is 37.7 Å².